The van der Waals surface area contributed by atoms with Crippen LogP contribution in [0, 0.1) is 0 Å². The van der Waals surface area contributed by atoms with E-state index in [1.807, 2.05) is 0 Å². The molecule has 0 saturated carbocycles. The van der Waals surface area contributed by atoms with Crippen LogP contribution in [0.1, 0.15) is 10.4 Å². The topological polar surface area (TPSA) is 38.3 Å². The molecule has 1 aromatic rings. The summed E-state index contributed by atoms with van der Waals surface area (Å²) in [5.41, 5.74) is 1.68. The van der Waals surface area contributed by atoms with Crippen LogP contribution < -0.4 is 5.48 Å². The van der Waals surface area contributed by atoms with Crippen molar-refractivity contribution in [3.63, 3.8) is 0 Å². The van der Waals surface area contributed by atoms with Gasteiger partial charge in [0.1, 0.15) is 0 Å². The number of rotatable bonds is 3. The van der Waals surface area contributed by atoms with E-state index in [0.29, 0.717) is 0 Å². The number of nitrogens with one attached hydrogen (secondary N) is 1. The summed E-state index contributed by atoms with van der Waals surface area (Å²) in [6, 6.07) is 3.87. The summed E-state index contributed by atoms with van der Waals surface area (Å²) in [7, 11) is 0. The molecule has 0 spiro atoms. The van der Waals surface area contributed by atoms with E-state index in [1.165, 1.54) is 18.2 Å². The summed E-state index contributed by atoms with van der Waals surface area (Å²) >= 11 is 11.2. The van der Waals surface area contributed by atoms with Crippen molar-refractivity contribution in [3.05, 3.63) is 33.8 Å². The zero-order chi connectivity index (χ0) is 13.1. The van der Waals surface area contributed by atoms with Gasteiger partial charge in [-0.3, -0.25) is 9.63 Å². The Morgan fingerprint density at radius 3 is 2.47 bits per heavy atom. The molecule has 0 radical (unpaired) electrons. The Bertz CT molecular complexity index is 423. The molecule has 0 bridgehead atoms. The number of carbonyl (C=O) groups excluding carboxylic acids is 1. The highest BCUT2D eigenvalue weighted by atomic mass is 35.5. The highest BCUT2D eigenvalue weighted by Gasteiger charge is 2.28. The third-order valence-electron chi connectivity index (χ3n) is 1.58. The smallest absolute Gasteiger partial charge is 0.267 e. The predicted molar refractivity (Wildman–Crippen MR) is 55.9 cm³/mol. The third kappa shape index (κ3) is 4.80. The van der Waals surface area contributed by atoms with Gasteiger partial charge in [0.05, 0.1) is 10.0 Å². The van der Waals surface area contributed by atoms with Gasteiger partial charge in [0.25, 0.3) is 5.91 Å². The van der Waals surface area contributed by atoms with Gasteiger partial charge < -0.3 is 0 Å². The average Bonchev–Trinajstić information content (AvgIpc) is 2.20. The van der Waals surface area contributed by atoms with E-state index in [4.69, 9.17) is 23.2 Å². The van der Waals surface area contributed by atoms with Crippen molar-refractivity contribution in [2.45, 2.75) is 6.18 Å². The maximum Gasteiger partial charge on any atom is 0.414 e. The molecule has 0 aliphatic rings. The number of halogens is 5. The van der Waals surface area contributed by atoms with E-state index in [1.54, 1.807) is 5.48 Å². The Labute approximate surface area is 104 Å². The molecule has 0 heterocycles. The van der Waals surface area contributed by atoms with E-state index < -0.39 is 18.7 Å². The van der Waals surface area contributed by atoms with Gasteiger partial charge in [-0.25, -0.2) is 5.48 Å². The molecule has 1 rings (SSSR count). The maximum atomic E-state index is 11.7. The van der Waals surface area contributed by atoms with Crippen LogP contribution in [0.15, 0.2) is 18.2 Å². The molecular formula is C9H6Cl2F3NO2. The molecular weight excluding hydrogens is 282 g/mol. The number of amides is 1. The van der Waals surface area contributed by atoms with Gasteiger partial charge in [0, 0.05) is 5.56 Å². The van der Waals surface area contributed by atoms with Crippen LogP contribution in [0.3, 0.4) is 0 Å². The predicted octanol–water partition coefficient (Wildman–Crippen LogP) is 3.22. The molecule has 1 aromatic carbocycles. The van der Waals surface area contributed by atoms with Crippen molar-refractivity contribution in [2.75, 3.05) is 6.61 Å². The standard InChI is InChI=1S/C9H6Cl2F3NO2/c10-6-2-1-5(3-7(6)11)8(16)15-17-4-9(12,13)14/h1-3H,4H2,(H,15,16). The summed E-state index contributed by atoms with van der Waals surface area (Å²) in [4.78, 5) is 15.3. The summed E-state index contributed by atoms with van der Waals surface area (Å²) in [6.45, 7) is -1.57. The lowest BCUT2D eigenvalue weighted by Gasteiger charge is -2.08. The minimum atomic E-state index is -4.51. The highest BCUT2D eigenvalue weighted by molar-refractivity contribution is 6.42. The minimum Gasteiger partial charge on any atom is -0.267 e. The zero-order valence-corrected chi connectivity index (χ0v) is 9.66. The molecule has 0 aliphatic carbocycles. The fourth-order valence-corrected chi connectivity index (χ4v) is 1.18. The van der Waals surface area contributed by atoms with Crippen LogP contribution in [-0.4, -0.2) is 18.7 Å². The van der Waals surface area contributed by atoms with Crippen molar-refractivity contribution in [2.24, 2.45) is 0 Å². The molecule has 1 amide bonds. The van der Waals surface area contributed by atoms with Gasteiger partial charge >= 0.3 is 6.18 Å². The lowest BCUT2D eigenvalue weighted by Crippen LogP contribution is -2.29. The Morgan fingerprint density at radius 2 is 1.94 bits per heavy atom. The fourth-order valence-electron chi connectivity index (χ4n) is 0.880. The second kappa shape index (κ2) is 5.57. The molecule has 0 aromatic heterocycles. The largest absolute Gasteiger partial charge is 0.414 e. The Kier molecular flexibility index (Phi) is 4.62. The lowest BCUT2D eigenvalue weighted by molar-refractivity contribution is -0.184. The van der Waals surface area contributed by atoms with Crippen LogP contribution in [0.5, 0.6) is 0 Å². The second-order valence-electron chi connectivity index (χ2n) is 2.96. The quantitative estimate of drug-likeness (QED) is 0.867. The second-order valence-corrected chi connectivity index (χ2v) is 3.78. The van der Waals surface area contributed by atoms with Crippen molar-refractivity contribution in [1.29, 1.82) is 0 Å². The maximum absolute atomic E-state index is 11.7. The summed E-state index contributed by atoms with van der Waals surface area (Å²) in [5.74, 6) is -0.840. The van der Waals surface area contributed by atoms with Gasteiger partial charge in [0.2, 0.25) is 0 Å². The lowest BCUT2D eigenvalue weighted by atomic mass is 10.2. The van der Waals surface area contributed by atoms with Gasteiger partial charge in [-0.2, -0.15) is 13.2 Å². The summed E-state index contributed by atoms with van der Waals surface area (Å²) in [6.07, 6.45) is -4.51. The van der Waals surface area contributed by atoms with E-state index in [-0.39, 0.29) is 15.6 Å². The summed E-state index contributed by atoms with van der Waals surface area (Å²) in [5, 5.41) is 0.356. The van der Waals surface area contributed by atoms with Gasteiger partial charge in [-0.15, -0.1) is 0 Å². The zero-order valence-electron chi connectivity index (χ0n) is 8.15. The van der Waals surface area contributed by atoms with Crippen molar-refractivity contribution in [3.8, 4) is 0 Å². The normalized spacial score (nSPS) is 11.4. The monoisotopic (exact) mass is 287 g/mol. The van der Waals surface area contributed by atoms with Crippen molar-refractivity contribution < 1.29 is 22.8 Å². The van der Waals surface area contributed by atoms with Crippen LogP contribution in [0.2, 0.25) is 10.0 Å². The molecule has 94 valence electrons. The Balaban J connectivity index is 2.56. The Morgan fingerprint density at radius 1 is 1.29 bits per heavy atom. The number of alkyl halides is 3. The molecule has 1 N–H and O–H groups in total. The first-order valence-electron chi connectivity index (χ1n) is 4.23. The van der Waals surface area contributed by atoms with Crippen molar-refractivity contribution >= 4 is 29.1 Å². The van der Waals surface area contributed by atoms with Crippen LogP contribution in [0.25, 0.3) is 0 Å². The summed E-state index contributed by atoms with van der Waals surface area (Å²) < 4.78 is 35.1. The minimum absolute atomic E-state index is 0.0431. The molecule has 17 heavy (non-hydrogen) atoms. The van der Waals surface area contributed by atoms with Gasteiger partial charge in [-0.05, 0) is 18.2 Å². The molecule has 0 unspecified atom stereocenters. The van der Waals surface area contributed by atoms with Gasteiger partial charge in [-0.1, -0.05) is 23.2 Å². The van der Waals surface area contributed by atoms with E-state index >= 15 is 0 Å². The average molecular weight is 288 g/mol. The van der Waals surface area contributed by atoms with Crippen LogP contribution in [0.4, 0.5) is 13.2 Å². The van der Waals surface area contributed by atoms with E-state index in [2.05, 4.69) is 4.84 Å². The van der Waals surface area contributed by atoms with E-state index in [9.17, 15) is 18.0 Å². The first-order valence-corrected chi connectivity index (χ1v) is 4.99. The van der Waals surface area contributed by atoms with Gasteiger partial charge in [0.15, 0.2) is 6.61 Å². The van der Waals surface area contributed by atoms with Crippen LogP contribution >= 0.6 is 23.2 Å². The number of hydroxylamine groups is 1. The molecule has 0 saturated heterocycles. The SMILES string of the molecule is O=C(NOCC(F)(F)F)c1ccc(Cl)c(Cl)c1. The number of benzene rings is 1. The third-order valence-corrected chi connectivity index (χ3v) is 2.32. The number of hydrogen-bond acceptors (Lipinski definition) is 2. The first-order chi connectivity index (χ1) is 7.79. The molecule has 0 atom stereocenters. The van der Waals surface area contributed by atoms with E-state index in [0.717, 1.165) is 0 Å². The Hall–Kier alpha value is -0.980. The van der Waals surface area contributed by atoms with Crippen molar-refractivity contribution in [1.82, 2.24) is 5.48 Å². The number of carbonyl (C=O) groups is 1. The molecule has 0 fully saturated rings. The molecule has 8 heteroatoms. The fraction of sp³-hybridized carbons (Fsp3) is 0.222. The molecule has 0 aliphatic heterocycles. The highest BCUT2D eigenvalue weighted by Crippen LogP contribution is 2.22. The van der Waals surface area contributed by atoms with Crippen LogP contribution in [-0.2, 0) is 4.84 Å². The first kappa shape index (κ1) is 14.1. The number of hydrogen-bond donors (Lipinski definition) is 1. The molecule has 3 nitrogen and oxygen atoms in total.